The summed E-state index contributed by atoms with van der Waals surface area (Å²) in [4.78, 5) is 5.38. The van der Waals surface area contributed by atoms with Gasteiger partial charge in [0, 0.05) is 22.2 Å². The first-order valence-electron chi connectivity index (χ1n) is 6.12. The van der Waals surface area contributed by atoms with Crippen LogP contribution in [0.25, 0.3) is 10.9 Å². The molecule has 0 unspecified atom stereocenters. The first kappa shape index (κ1) is 13.7. The first-order valence-corrected chi connectivity index (χ1v) is 7.10. The Morgan fingerprint density at radius 1 is 1.42 bits per heavy atom. The molecule has 1 heterocycles. The topological polar surface area (TPSA) is 71.5 Å². The van der Waals surface area contributed by atoms with E-state index in [-0.39, 0.29) is 5.84 Å². The molecule has 100 valence electrons. The monoisotopic (exact) mass is 275 g/mol. The lowest BCUT2D eigenvalue weighted by Gasteiger charge is -2.12. The van der Waals surface area contributed by atoms with Crippen molar-refractivity contribution in [1.82, 2.24) is 4.98 Å². The van der Waals surface area contributed by atoms with Gasteiger partial charge in [0.15, 0.2) is 5.84 Å². The fourth-order valence-electron chi connectivity index (χ4n) is 1.76. The van der Waals surface area contributed by atoms with Crippen LogP contribution in [0.1, 0.15) is 19.4 Å². The van der Waals surface area contributed by atoms with Crippen LogP contribution in [-0.4, -0.2) is 21.8 Å². The summed E-state index contributed by atoms with van der Waals surface area (Å²) in [6.07, 6.45) is 1.67. The number of fused-ring (bicyclic) bond motifs is 1. The minimum atomic E-state index is 0.101. The van der Waals surface area contributed by atoms with Crippen molar-refractivity contribution in [2.24, 2.45) is 16.8 Å². The van der Waals surface area contributed by atoms with Crippen molar-refractivity contribution in [2.75, 3.05) is 5.75 Å². The van der Waals surface area contributed by atoms with Gasteiger partial charge < -0.3 is 10.9 Å². The zero-order valence-corrected chi connectivity index (χ0v) is 11.8. The molecular formula is C14H17N3OS. The lowest BCUT2D eigenvalue weighted by molar-refractivity contribution is 0.318. The van der Waals surface area contributed by atoms with Gasteiger partial charge in [0.25, 0.3) is 0 Å². The van der Waals surface area contributed by atoms with Crippen molar-refractivity contribution in [1.29, 1.82) is 0 Å². The minimum Gasteiger partial charge on any atom is -0.409 e. The number of oxime groups is 1. The lowest BCUT2D eigenvalue weighted by atomic mass is 10.1. The van der Waals surface area contributed by atoms with Gasteiger partial charge in [0.2, 0.25) is 0 Å². The predicted molar refractivity (Wildman–Crippen MR) is 79.8 cm³/mol. The molecule has 0 saturated carbocycles. The van der Waals surface area contributed by atoms with E-state index in [2.05, 4.69) is 24.0 Å². The third-order valence-corrected chi connectivity index (χ3v) is 4.23. The number of rotatable bonds is 4. The molecule has 0 aliphatic rings. The van der Waals surface area contributed by atoms with Crippen molar-refractivity contribution in [2.45, 2.75) is 18.7 Å². The molecule has 0 bridgehead atoms. The van der Waals surface area contributed by atoms with Gasteiger partial charge in [0.1, 0.15) is 0 Å². The number of benzene rings is 1. The van der Waals surface area contributed by atoms with Gasteiger partial charge in [-0.25, -0.2) is 0 Å². The van der Waals surface area contributed by atoms with Crippen LogP contribution in [0, 0.1) is 5.92 Å². The van der Waals surface area contributed by atoms with Gasteiger partial charge in [-0.3, -0.25) is 4.98 Å². The Morgan fingerprint density at radius 3 is 2.84 bits per heavy atom. The van der Waals surface area contributed by atoms with Crippen molar-refractivity contribution in [3.63, 3.8) is 0 Å². The largest absolute Gasteiger partial charge is 0.409 e. The molecule has 4 nitrogen and oxygen atoms in total. The highest BCUT2D eigenvalue weighted by Crippen LogP contribution is 2.31. The van der Waals surface area contributed by atoms with Crippen LogP contribution in [0.3, 0.4) is 0 Å². The van der Waals surface area contributed by atoms with E-state index in [9.17, 15) is 0 Å². The van der Waals surface area contributed by atoms with Crippen LogP contribution < -0.4 is 5.73 Å². The van der Waals surface area contributed by atoms with Crippen molar-refractivity contribution < 1.29 is 5.21 Å². The minimum absolute atomic E-state index is 0.101. The Kier molecular flexibility index (Phi) is 4.27. The van der Waals surface area contributed by atoms with E-state index in [4.69, 9.17) is 10.9 Å². The average molecular weight is 275 g/mol. The summed E-state index contributed by atoms with van der Waals surface area (Å²) in [7, 11) is 0. The fourth-order valence-corrected chi connectivity index (χ4v) is 2.90. The van der Waals surface area contributed by atoms with Gasteiger partial charge in [0.05, 0.1) is 11.1 Å². The Morgan fingerprint density at radius 2 is 2.16 bits per heavy atom. The SMILES string of the molecule is CC(C)CSc1c(/C(N)=N/O)cnc2ccccc12. The molecule has 0 radical (unpaired) electrons. The summed E-state index contributed by atoms with van der Waals surface area (Å²) in [5.41, 5.74) is 7.35. The fraction of sp³-hybridized carbons (Fsp3) is 0.286. The number of hydrogen-bond donors (Lipinski definition) is 2. The number of nitrogens with zero attached hydrogens (tertiary/aromatic N) is 2. The molecule has 0 aliphatic heterocycles. The molecule has 1 aromatic carbocycles. The summed E-state index contributed by atoms with van der Waals surface area (Å²) in [6, 6.07) is 7.90. The molecule has 0 aliphatic carbocycles. The second-order valence-electron chi connectivity index (χ2n) is 4.71. The number of amidine groups is 1. The summed E-state index contributed by atoms with van der Waals surface area (Å²) in [5.74, 6) is 1.64. The van der Waals surface area contributed by atoms with E-state index in [1.807, 2.05) is 24.3 Å². The number of para-hydroxylation sites is 1. The molecule has 19 heavy (non-hydrogen) atoms. The first-order chi connectivity index (χ1) is 9.13. The average Bonchev–Trinajstić information content (AvgIpc) is 2.43. The summed E-state index contributed by atoms with van der Waals surface area (Å²) >= 11 is 1.72. The summed E-state index contributed by atoms with van der Waals surface area (Å²) in [5, 5.41) is 13.0. The molecule has 0 fully saturated rings. The van der Waals surface area contributed by atoms with Crippen LogP contribution in [0.15, 0.2) is 40.5 Å². The third kappa shape index (κ3) is 2.98. The molecule has 0 spiro atoms. The van der Waals surface area contributed by atoms with E-state index in [1.165, 1.54) is 0 Å². The van der Waals surface area contributed by atoms with Crippen LogP contribution in [-0.2, 0) is 0 Å². The molecule has 2 aromatic rings. The molecule has 5 heteroatoms. The molecule has 1 aromatic heterocycles. The maximum Gasteiger partial charge on any atom is 0.172 e. The molecule has 0 amide bonds. The number of aromatic nitrogens is 1. The highest BCUT2D eigenvalue weighted by Gasteiger charge is 2.13. The Labute approximate surface area is 116 Å². The van der Waals surface area contributed by atoms with Crippen LogP contribution in [0.2, 0.25) is 0 Å². The molecule has 0 saturated heterocycles. The number of thioether (sulfide) groups is 1. The molecule has 3 N–H and O–H groups in total. The second-order valence-corrected chi connectivity index (χ2v) is 5.74. The molecule has 2 rings (SSSR count). The van der Waals surface area contributed by atoms with Gasteiger partial charge >= 0.3 is 0 Å². The van der Waals surface area contributed by atoms with E-state index in [0.29, 0.717) is 11.5 Å². The van der Waals surface area contributed by atoms with Gasteiger partial charge in [-0.05, 0) is 12.0 Å². The number of pyridine rings is 1. The number of nitrogens with two attached hydrogens (primary N) is 1. The van der Waals surface area contributed by atoms with Gasteiger partial charge in [-0.1, -0.05) is 37.2 Å². The second kappa shape index (κ2) is 5.93. The summed E-state index contributed by atoms with van der Waals surface area (Å²) in [6.45, 7) is 4.33. The van der Waals surface area contributed by atoms with E-state index >= 15 is 0 Å². The predicted octanol–water partition coefficient (Wildman–Crippen LogP) is 3.08. The van der Waals surface area contributed by atoms with E-state index < -0.39 is 0 Å². The van der Waals surface area contributed by atoms with Crippen molar-refractivity contribution >= 4 is 28.5 Å². The third-order valence-electron chi connectivity index (χ3n) is 2.67. The van der Waals surface area contributed by atoms with Crippen molar-refractivity contribution in [3.8, 4) is 0 Å². The maximum atomic E-state index is 8.89. The standard InChI is InChI=1S/C14H17N3OS/c1-9(2)8-19-13-10-5-3-4-6-12(10)16-7-11(13)14(15)17-18/h3-7,9,18H,8H2,1-2H3,(H2,15,17). The molecular weight excluding hydrogens is 258 g/mol. The Bertz CT molecular complexity index is 611. The van der Waals surface area contributed by atoms with Gasteiger partial charge in [-0.15, -0.1) is 11.8 Å². The van der Waals surface area contributed by atoms with Crippen molar-refractivity contribution in [3.05, 3.63) is 36.0 Å². The van der Waals surface area contributed by atoms with Gasteiger partial charge in [-0.2, -0.15) is 0 Å². The van der Waals surface area contributed by atoms with E-state index in [1.54, 1.807) is 18.0 Å². The zero-order chi connectivity index (χ0) is 13.8. The quantitative estimate of drug-likeness (QED) is 0.296. The lowest BCUT2D eigenvalue weighted by Crippen LogP contribution is -2.15. The normalized spacial score (nSPS) is 12.3. The van der Waals surface area contributed by atoms with Crippen LogP contribution in [0.5, 0.6) is 0 Å². The van der Waals surface area contributed by atoms with Crippen LogP contribution >= 0.6 is 11.8 Å². The highest BCUT2D eigenvalue weighted by molar-refractivity contribution is 7.99. The smallest absolute Gasteiger partial charge is 0.172 e. The van der Waals surface area contributed by atoms with E-state index in [0.717, 1.165) is 21.6 Å². The summed E-state index contributed by atoms with van der Waals surface area (Å²) < 4.78 is 0. The maximum absolute atomic E-state index is 8.89. The zero-order valence-electron chi connectivity index (χ0n) is 11.0. The molecule has 0 atom stereocenters. The number of hydrogen-bond acceptors (Lipinski definition) is 4. The Hall–Kier alpha value is -1.75. The van der Waals surface area contributed by atoms with Crippen LogP contribution in [0.4, 0.5) is 0 Å². The Balaban J connectivity index is 2.58. The highest BCUT2D eigenvalue weighted by atomic mass is 32.2.